The Balaban J connectivity index is 1.90. The molecule has 0 atom stereocenters. The summed E-state index contributed by atoms with van der Waals surface area (Å²) in [4.78, 5) is 24.6. The molecule has 0 aliphatic rings. The minimum atomic E-state index is -0.524. The van der Waals surface area contributed by atoms with Gasteiger partial charge in [0.15, 0.2) is 5.69 Å². The third kappa shape index (κ3) is 3.08. The average Bonchev–Trinajstić information content (AvgIpc) is 2.88. The van der Waals surface area contributed by atoms with Gasteiger partial charge in [-0.05, 0) is 11.1 Å². The molecule has 0 saturated carbocycles. The SMILES string of the molecule is Cn1oc(=O)c(-c2ccccc2)c1C(=O)NCc1ccccc1. The molecule has 0 aliphatic carbocycles. The van der Waals surface area contributed by atoms with Gasteiger partial charge in [-0.2, -0.15) is 0 Å². The molecule has 0 aliphatic heterocycles. The Kier molecular flexibility index (Phi) is 4.10. The number of benzene rings is 2. The molecule has 0 bridgehead atoms. The molecule has 23 heavy (non-hydrogen) atoms. The number of carbonyl (C=O) groups is 1. The van der Waals surface area contributed by atoms with Crippen LogP contribution in [0.5, 0.6) is 0 Å². The number of carbonyl (C=O) groups excluding carboxylic acids is 1. The number of amides is 1. The number of nitrogens with zero attached hydrogens (tertiary/aromatic N) is 1. The molecule has 0 saturated heterocycles. The van der Waals surface area contributed by atoms with Crippen LogP contribution in [0, 0.1) is 0 Å². The number of hydrogen-bond acceptors (Lipinski definition) is 3. The summed E-state index contributed by atoms with van der Waals surface area (Å²) in [6.07, 6.45) is 0. The summed E-state index contributed by atoms with van der Waals surface area (Å²) in [5, 5.41) is 2.82. The highest BCUT2D eigenvalue weighted by Gasteiger charge is 2.23. The van der Waals surface area contributed by atoms with Gasteiger partial charge in [0.05, 0.1) is 0 Å². The number of rotatable bonds is 4. The molecular formula is C18H16N2O3. The van der Waals surface area contributed by atoms with E-state index in [2.05, 4.69) is 5.32 Å². The van der Waals surface area contributed by atoms with E-state index < -0.39 is 5.63 Å². The molecule has 3 aromatic rings. The molecule has 3 rings (SSSR count). The Bertz CT molecular complexity index is 864. The zero-order chi connectivity index (χ0) is 16.2. The first-order valence-corrected chi connectivity index (χ1v) is 7.24. The molecule has 0 unspecified atom stereocenters. The summed E-state index contributed by atoms with van der Waals surface area (Å²) in [5.41, 5.74) is 1.61. The maximum Gasteiger partial charge on any atom is 0.366 e. The molecule has 5 nitrogen and oxygen atoms in total. The smallest absolute Gasteiger partial charge is 0.347 e. The standard InChI is InChI=1S/C18H16N2O3/c1-20-16(17(21)19-12-13-8-4-2-5-9-13)15(18(22)23-20)14-10-6-3-7-11-14/h2-11H,12H2,1H3,(H,19,21). The summed E-state index contributed by atoms with van der Waals surface area (Å²) in [6.45, 7) is 0.382. The predicted octanol–water partition coefficient (Wildman–Crippen LogP) is 2.58. The van der Waals surface area contributed by atoms with Crippen molar-refractivity contribution < 1.29 is 9.32 Å². The van der Waals surface area contributed by atoms with Gasteiger partial charge in [0.25, 0.3) is 5.91 Å². The highest BCUT2D eigenvalue weighted by atomic mass is 16.5. The van der Waals surface area contributed by atoms with Crippen LogP contribution in [0.1, 0.15) is 16.1 Å². The number of nitrogens with one attached hydrogen (secondary N) is 1. The summed E-state index contributed by atoms with van der Waals surface area (Å²) in [5.74, 6) is -0.346. The number of hydrogen-bond donors (Lipinski definition) is 1. The minimum absolute atomic E-state index is 0.220. The van der Waals surface area contributed by atoms with E-state index in [1.54, 1.807) is 19.2 Å². The lowest BCUT2D eigenvalue weighted by Crippen LogP contribution is -2.25. The number of aromatic nitrogens is 1. The molecule has 0 fully saturated rings. The summed E-state index contributed by atoms with van der Waals surface area (Å²) < 4.78 is 6.29. The van der Waals surface area contributed by atoms with Gasteiger partial charge in [-0.25, -0.2) is 9.53 Å². The van der Waals surface area contributed by atoms with Crippen LogP contribution in [0.25, 0.3) is 11.1 Å². The van der Waals surface area contributed by atoms with E-state index in [0.717, 1.165) is 5.56 Å². The normalized spacial score (nSPS) is 10.5. The van der Waals surface area contributed by atoms with Crippen molar-refractivity contribution in [2.45, 2.75) is 6.54 Å². The second-order valence-corrected chi connectivity index (χ2v) is 5.13. The lowest BCUT2D eigenvalue weighted by molar-refractivity contribution is 0.0931. The van der Waals surface area contributed by atoms with Gasteiger partial charge in [0.1, 0.15) is 5.56 Å². The van der Waals surface area contributed by atoms with Gasteiger partial charge < -0.3 is 9.84 Å². The lowest BCUT2D eigenvalue weighted by Gasteiger charge is -2.07. The van der Waals surface area contributed by atoms with Gasteiger partial charge >= 0.3 is 5.63 Å². The van der Waals surface area contributed by atoms with Crippen molar-refractivity contribution in [3.05, 3.63) is 82.3 Å². The monoisotopic (exact) mass is 308 g/mol. The molecule has 0 radical (unpaired) electrons. The Hall–Kier alpha value is -3.08. The van der Waals surface area contributed by atoms with Crippen molar-refractivity contribution in [1.82, 2.24) is 10.1 Å². The zero-order valence-electron chi connectivity index (χ0n) is 12.7. The summed E-state index contributed by atoms with van der Waals surface area (Å²) in [6, 6.07) is 18.6. The molecular weight excluding hydrogens is 292 g/mol. The molecule has 2 aromatic carbocycles. The minimum Gasteiger partial charge on any atom is -0.347 e. The summed E-state index contributed by atoms with van der Waals surface area (Å²) >= 11 is 0. The summed E-state index contributed by atoms with van der Waals surface area (Å²) in [7, 11) is 1.55. The van der Waals surface area contributed by atoms with Crippen molar-refractivity contribution >= 4 is 5.91 Å². The van der Waals surface area contributed by atoms with Crippen molar-refractivity contribution in [1.29, 1.82) is 0 Å². The highest BCUT2D eigenvalue weighted by Crippen LogP contribution is 2.20. The van der Waals surface area contributed by atoms with Crippen LogP contribution >= 0.6 is 0 Å². The zero-order valence-corrected chi connectivity index (χ0v) is 12.7. The molecule has 1 heterocycles. The Labute approximate surface area is 133 Å². The lowest BCUT2D eigenvalue weighted by atomic mass is 10.1. The van der Waals surface area contributed by atoms with Gasteiger partial charge in [-0.3, -0.25) is 4.79 Å². The second-order valence-electron chi connectivity index (χ2n) is 5.13. The Morgan fingerprint density at radius 1 is 1.04 bits per heavy atom. The first-order valence-electron chi connectivity index (χ1n) is 7.24. The van der Waals surface area contributed by atoms with E-state index in [0.29, 0.717) is 12.1 Å². The second kappa shape index (κ2) is 6.36. The number of aryl methyl sites for hydroxylation is 1. The third-order valence-electron chi connectivity index (χ3n) is 3.55. The van der Waals surface area contributed by atoms with Crippen LogP contribution < -0.4 is 10.9 Å². The van der Waals surface area contributed by atoms with E-state index in [1.165, 1.54) is 4.74 Å². The fourth-order valence-corrected chi connectivity index (χ4v) is 2.45. The highest BCUT2D eigenvalue weighted by molar-refractivity contribution is 5.98. The molecule has 1 aromatic heterocycles. The van der Waals surface area contributed by atoms with E-state index >= 15 is 0 Å². The largest absolute Gasteiger partial charge is 0.366 e. The fraction of sp³-hybridized carbons (Fsp3) is 0.111. The van der Waals surface area contributed by atoms with E-state index in [-0.39, 0.29) is 17.2 Å². The van der Waals surface area contributed by atoms with E-state index in [9.17, 15) is 9.59 Å². The van der Waals surface area contributed by atoms with Crippen LogP contribution in [-0.4, -0.2) is 10.6 Å². The van der Waals surface area contributed by atoms with E-state index in [4.69, 9.17) is 4.52 Å². The van der Waals surface area contributed by atoms with Gasteiger partial charge in [0, 0.05) is 13.6 Å². The molecule has 1 N–H and O–H groups in total. The van der Waals surface area contributed by atoms with Gasteiger partial charge in [0.2, 0.25) is 0 Å². The molecule has 116 valence electrons. The Morgan fingerprint density at radius 3 is 2.30 bits per heavy atom. The van der Waals surface area contributed by atoms with Gasteiger partial charge in [-0.1, -0.05) is 60.7 Å². The van der Waals surface area contributed by atoms with Crippen LogP contribution in [0.2, 0.25) is 0 Å². The fourth-order valence-electron chi connectivity index (χ4n) is 2.45. The van der Waals surface area contributed by atoms with Crippen LogP contribution in [0.4, 0.5) is 0 Å². The third-order valence-corrected chi connectivity index (χ3v) is 3.55. The van der Waals surface area contributed by atoms with Gasteiger partial charge in [-0.15, -0.1) is 0 Å². The van der Waals surface area contributed by atoms with Crippen molar-refractivity contribution in [3.8, 4) is 11.1 Å². The maximum absolute atomic E-state index is 12.5. The van der Waals surface area contributed by atoms with Crippen molar-refractivity contribution in [3.63, 3.8) is 0 Å². The van der Waals surface area contributed by atoms with E-state index in [1.807, 2.05) is 48.5 Å². The first kappa shape index (κ1) is 14.8. The Morgan fingerprint density at radius 2 is 1.65 bits per heavy atom. The van der Waals surface area contributed by atoms with Crippen LogP contribution in [0.3, 0.4) is 0 Å². The van der Waals surface area contributed by atoms with Crippen LogP contribution in [0.15, 0.2) is 70.0 Å². The van der Waals surface area contributed by atoms with Crippen LogP contribution in [-0.2, 0) is 13.6 Å². The van der Waals surface area contributed by atoms with Crippen molar-refractivity contribution in [2.24, 2.45) is 7.05 Å². The quantitative estimate of drug-likeness (QED) is 0.805. The molecule has 0 spiro atoms. The maximum atomic E-state index is 12.5. The average molecular weight is 308 g/mol. The van der Waals surface area contributed by atoms with Crippen molar-refractivity contribution in [2.75, 3.05) is 0 Å². The molecule has 1 amide bonds. The topological polar surface area (TPSA) is 64.2 Å². The molecule has 5 heteroatoms. The first-order chi connectivity index (χ1) is 11.2. The predicted molar refractivity (Wildman–Crippen MR) is 87.0 cm³/mol.